The molecular weight excluding hydrogens is 372 g/mol. The van der Waals surface area contributed by atoms with Crippen molar-refractivity contribution in [3.05, 3.63) is 64.1 Å². The first-order chi connectivity index (χ1) is 11.1. The van der Waals surface area contributed by atoms with Gasteiger partial charge in [-0.05, 0) is 64.8 Å². The zero-order chi connectivity index (χ0) is 16.7. The summed E-state index contributed by atoms with van der Waals surface area (Å²) in [5.41, 5.74) is 2.44. The molecule has 2 N–H and O–H groups in total. The van der Waals surface area contributed by atoms with Gasteiger partial charge >= 0.3 is 0 Å². The fraction of sp³-hybridized carbons (Fsp3) is 0.278. The summed E-state index contributed by atoms with van der Waals surface area (Å²) in [6.07, 6.45) is 0.950. The van der Waals surface area contributed by atoms with Crippen molar-refractivity contribution in [1.82, 2.24) is 10.6 Å². The van der Waals surface area contributed by atoms with Crippen LogP contribution in [-0.2, 0) is 6.42 Å². The minimum Gasteiger partial charge on any atom is -0.496 e. The molecule has 0 bridgehead atoms. The first-order valence-electron chi connectivity index (χ1n) is 7.52. The Balaban J connectivity index is 1.81. The third kappa shape index (κ3) is 5.52. The molecule has 0 saturated heterocycles. The third-order valence-electron chi connectivity index (χ3n) is 3.57. The van der Waals surface area contributed by atoms with Gasteiger partial charge in [-0.3, -0.25) is 0 Å². The molecule has 0 fully saturated rings. The molecule has 2 aromatic carbocycles. The molecule has 1 atom stereocenters. The van der Waals surface area contributed by atoms with Crippen LogP contribution in [0, 0.1) is 0 Å². The zero-order valence-electron chi connectivity index (χ0n) is 13.3. The number of halogens is 1. The molecule has 2 aromatic rings. The van der Waals surface area contributed by atoms with E-state index in [2.05, 4.69) is 57.8 Å². The number of ether oxygens (including phenoxy) is 1. The van der Waals surface area contributed by atoms with Crippen molar-refractivity contribution in [2.45, 2.75) is 19.4 Å². The highest BCUT2D eigenvalue weighted by Crippen LogP contribution is 2.27. The largest absolute Gasteiger partial charge is 0.496 e. The second kappa shape index (κ2) is 8.89. The highest BCUT2D eigenvalue weighted by molar-refractivity contribution is 9.10. The molecule has 122 valence electrons. The second-order valence-electron chi connectivity index (χ2n) is 5.25. The number of rotatable bonds is 6. The van der Waals surface area contributed by atoms with Crippen molar-refractivity contribution in [1.29, 1.82) is 0 Å². The van der Waals surface area contributed by atoms with Crippen LogP contribution in [0.3, 0.4) is 0 Å². The lowest BCUT2D eigenvalue weighted by atomic mass is 10.1. The molecule has 0 amide bonds. The minimum atomic E-state index is 0.119. The SMILES string of the molecule is COc1ccc([C@H](C)NC(=S)NCCc2ccccc2)cc1Br. The fourth-order valence-corrected chi connectivity index (χ4v) is 3.09. The van der Waals surface area contributed by atoms with Crippen molar-refractivity contribution in [2.75, 3.05) is 13.7 Å². The average Bonchev–Trinajstić information content (AvgIpc) is 2.55. The molecule has 0 saturated carbocycles. The fourth-order valence-electron chi connectivity index (χ4n) is 2.25. The van der Waals surface area contributed by atoms with Crippen molar-refractivity contribution < 1.29 is 4.74 Å². The monoisotopic (exact) mass is 392 g/mol. The lowest BCUT2D eigenvalue weighted by Crippen LogP contribution is -2.37. The topological polar surface area (TPSA) is 33.3 Å². The number of methoxy groups -OCH3 is 1. The molecule has 0 unspecified atom stereocenters. The predicted molar refractivity (Wildman–Crippen MR) is 103 cm³/mol. The number of hydrogen-bond acceptors (Lipinski definition) is 2. The van der Waals surface area contributed by atoms with Gasteiger partial charge in [-0.15, -0.1) is 0 Å². The maximum absolute atomic E-state index is 5.37. The van der Waals surface area contributed by atoms with E-state index in [0.717, 1.165) is 28.8 Å². The van der Waals surface area contributed by atoms with Gasteiger partial charge in [0.05, 0.1) is 17.6 Å². The highest BCUT2D eigenvalue weighted by atomic mass is 79.9. The molecule has 0 spiro atoms. The van der Waals surface area contributed by atoms with Crippen LogP contribution in [-0.4, -0.2) is 18.8 Å². The smallest absolute Gasteiger partial charge is 0.166 e. The number of benzene rings is 2. The van der Waals surface area contributed by atoms with Crippen molar-refractivity contribution in [3.8, 4) is 5.75 Å². The first kappa shape index (κ1) is 17.8. The number of hydrogen-bond donors (Lipinski definition) is 2. The minimum absolute atomic E-state index is 0.119. The van der Waals surface area contributed by atoms with Crippen molar-refractivity contribution >= 4 is 33.3 Å². The summed E-state index contributed by atoms with van der Waals surface area (Å²) in [6, 6.07) is 16.5. The third-order valence-corrected chi connectivity index (χ3v) is 4.45. The standard InChI is InChI=1S/C18H21BrN2OS/c1-13(15-8-9-17(22-2)16(19)12-15)21-18(23)20-11-10-14-6-4-3-5-7-14/h3-9,12-13H,10-11H2,1-2H3,(H2,20,21,23)/t13-/m0/s1. The molecule has 0 heterocycles. The van der Waals surface area contributed by atoms with Gasteiger partial charge in [-0.1, -0.05) is 36.4 Å². The van der Waals surface area contributed by atoms with Crippen LogP contribution < -0.4 is 15.4 Å². The lowest BCUT2D eigenvalue weighted by Gasteiger charge is -2.18. The molecule has 0 aliphatic heterocycles. The van der Waals surface area contributed by atoms with E-state index < -0.39 is 0 Å². The molecule has 0 aliphatic carbocycles. The maximum atomic E-state index is 5.37. The molecule has 2 rings (SSSR count). The van der Waals surface area contributed by atoms with Gasteiger partial charge in [-0.2, -0.15) is 0 Å². The van der Waals surface area contributed by atoms with Crippen molar-refractivity contribution in [2.24, 2.45) is 0 Å². The Morgan fingerprint density at radius 3 is 2.61 bits per heavy atom. The molecule has 0 aromatic heterocycles. The van der Waals surface area contributed by atoms with Crippen LogP contribution in [0.2, 0.25) is 0 Å². The summed E-state index contributed by atoms with van der Waals surface area (Å²) in [5.74, 6) is 0.824. The van der Waals surface area contributed by atoms with E-state index >= 15 is 0 Å². The van der Waals surface area contributed by atoms with E-state index in [9.17, 15) is 0 Å². The van der Waals surface area contributed by atoms with Crippen LogP contribution >= 0.6 is 28.1 Å². The van der Waals surface area contributed by atoms with Crippen LogP contribution in [0.1, 0.15) is 24.1 Å². The Kier molecular flexibility index (Phi) is 6.86. The van der Waals surface area contributed by atoms with Gasteiger partial charge in [0.15, 0.2) is 5.11 Å². The Bertz CT molecular complexity index is 649. The summed E-state index contributed by atoms with van der Waals surface area (Å²) in [6.45, 7) is 2.90. The summed E-state index contributed by atoms with van der Waals surface area (Å²) >= 11 is 8.88. The molecular formula is C18H21BrN2OS. The van der Waals surface area contributed by atoms with Gasteiger partial charge in [-0.25, -0.2) is 0 Å². The van der Waals surface area contributed by atoms with Gasteiger partial charge < -0.3 is 15.4 Å². The molecule has 5 heteroatoms. The Hall–Kier alpha value is -1.59. The van der Waals surface area contributed by atoms with Crippen LogP contribution in [0.5, 0.6) is 5.75 Å². The highest BCUT2D eigenvalue weighted by Gasteiger charge is 2.09. The Labute approximate surface area is 151 Å². The second-order valence-corrected chi connectivity index (χ2v) is 6.51. The molecule has 3 nitrogen and oxygen atoms in total. The van der Waals surface area contributed by atoms with E-state index in [1.54, 1.807) is 7.11 Å². The van der Waals surface area contributed by atoms with E-state index in [4.69, 9.17) is 17.0 Å². The maximum Gasteiger partial charge on any atom is 0.166 e. The number of nitrogens with one attached hydrogen (secondary N) is 2. The van der Waals surface area contributed by atoms with E-state index in [1.807, 2.05) is 24.3 Å². The summed E-state index contributed by atoms with van der Waals surface area (Å²) in [7, 11) is 1.66. The predicted octanol–water partition coefficient (Wildman–Crippen LogP) is 4.23. The van der Waals surface area contributed by atoms with E-state index in [-0.39, 0.29) is 6.04 Å². The van der Waals surface area contributed by atoms with Crippen LogP contribution in [0.15, 0.2) is 53.0 Å². The summed E-state index contributed by atoms with van der Waals surface area (Å²) in [5, 5.41) is 7.23. The molecule has 0 aliphatic rings. The average molecular weight is 393 g/mol. The van der Waals surface area contributed by atoms with E-state index in [1.165, 1.54) is 5.56 Å². The first-order valence-corrected chi connectivity index (χ1v) is 8.72. The number of thiocarbonyl (C=S) groups is 1. The van der Waals surface area contributed by atoms with Gasteiger partial charge in [0.25, 0.3) is 0 Å². The Morgan fingerprint density at radius 1 is 1.22 bits per heavy atom. The van der Waals surface area contributed by atoms with Crippen molar-refractivity contribution in [3.63, 3.8) is 0 Å². The van der Waals surface area contributed by atoms with Gasteiger partial charge in [0.1, 0.15) is 5.75 Å². The van der Waals surface area contributed by atoms with Crippen LogP contribution in [0.25, 0.3) is 0 Å². The zero-order valence-corrected chi connectivity index (χ0v) is 15.7. The normalized spacial score (nSPS) is 11.6. The Morgan fingerprint density at radius 2 is 1.96 bits per heavy atom. The molecule has 0 radical (unpaired) electrons. The molecule has 23 heavy (non-hydrogen) atoms. The van der Waals surface area contributed by atoms with Crippen LogP contribution in [0.4, 0.5) is 0 Å². The summed E-state index contributed by atoms with van der Waals surface area (Å²) < 4.78 is 6.19. The van der Waals surface area contributed by atoms with Gasteiger partial charge in [0, 0.05) is 6.54 Å². The summed E-state index contributed by atoms with van der Waals surface area (Å²) in [4.78, 5) is 0. The quantitative estimate of drug-likeness (QED) is 0.720. The van der Waals surface area contributed by atoms with Gasteiger partial charge in [0.2, 0.25) is 0 Å². The van der Waals surface area contributed by atoms with E-state index in [0.29, 0.717) is 5.11 Å². The lowest BCUT2D eigenvalue weighted by molar-refractivity contribution is 0.412.